The van der Waals surface area contributed by atoms with E-state index in [1.165, 1.54) is 0 Å². The number of hydrogen-bond donors (Lipinski definition) is 0. The highest BCUT2D eigenvalue weighted by Gasteiger charge is 1.99. The van der Waals surface area contributed by atoms with E-state index in [1.54, 1.807) is 13.3 Å². The molecule has 0 radical (unpaired) electrons. The van der Waals surface area contributed by atoms with E-state index >= 15 is 0 Å². The minimum absolute atomic E-state index is 0.781. The van der Waals surface area contributed by atoms with E-state index in [0.717, 1.165) is 22.8 Å². The Bertz CT molecular complexity index is 451. The predicted octanol–water partition coefficient (Wildman–Crippen LogP) is 2.46. The number of rotatable bonds is 2. The van der Waals surface area contributed by atoms with E-state index in [1.807, 2.05) is 37.3 Å². The van der Waals surface area contributed by atoms with Crippen molar-refractivity contribution in [2.45, 2.75) is 6.92 Å². The van der Waals surface area contributed by atoms with Gasteiger partial charge in [0.05, 0.1) is 12.8 Å². The Labute approximate surface area is 88.8 Å². The molecule has 0 saturated carbocycles. The zero-order valence-electron chi connectivity index (χ0n) is 8.77. The van der Waals surface area contributed by atoms with Gasteiger partial charge in [0, 0.05) is 11.8 Å². The number of methoxy groups -OCH3 is 1. The molecular weight excluding hydrogens is 188 g/mol. The van der Waals surface area contributed by atoms with Gasteiger partial charge in [-0.1, -0.05) is 0 Å². The molecule has 0 saturated heterocycles. The number of ether oxygens (including phenoxy) is 1. The fourth-order valence-corrected chi connectivity index (χ4v) is 1.38. The van der Waals surface area contributed by atoms with Gasteiger partial charge in [-0.25, -0.2) is 9.97 Å². The zero-order valence-corrected chi connectivity index (χ0v) is 8.77. The van der Waals surface area contributed by atoms with Gasteiger partial charge in [0.1, 0.15) is 11.6 Å². The van der Waals surface area contributed by atoms with Gasteiger partial charge < -0.3 is 4.74 Å². The fraction of sp³-hybridized carbons (Fsp3) is 0.167. The molecule has 3 heteroatoms. The third-order valence-corrected chi connectivity index (χ3v) is 2.16. The molecule has 0 aliphatic carbocycles. The van der Waals surface area contributed by atoms with E-state index in [9.17, 15) is 0 Å². The Morgan fingerprint density at radius 1 is 1.07 bits per heavy atom. The van der Waals surface area contributed by atoms with E-state index in [-0.39, 0.29) is 0 Å². The molecule has 0 aliphatic rings. The lowest BCUT2D eigenvalue weighted by atomic mass is 10.1. The minimum Gasteiger partial charge on any atom is -0.497 e. The summed E-state index contributed by atoms with van der Waals surface area (Å²) in [7, 11) is 1.66. The Morgan fingerprint density at radius 3 is 2.40 bits per heavy atom. The molecule has 1 aromatic carbocycles. The Balaban J connectivity index is 2.37. The smallest absolute Gasteiger partial charge is 0.125 e. The molecular formula is C12H12N2O. The molecule has 2 rings (SSSR count). The van der Waals surface area contributed by atoms with Crippen molar-refractivity contribution < 1.29 is 4.74 Å². The molecule has 3 nitrogen and oxygen atoms in total. The van der Waals surface area contributed by atoms with Gasteiger partial charge in [0.25, 0.3) is 0 Å². The molecule has 76 valence electrons. The summed E-state index contributed by atoms with van der Waals surface area (Å²) < 4.78 is 5.10. The maximum absolute atomic E-state index is 5.10. The van der Waals surface area contributed by atoms with Crippen molar-refractivity contribution in [2.24, 2.45) is 0 Å². The van der Waals surface area contributed by atoms with Crippen molar-refractivity contribution >= 4 is 0 Å². The van der Waals surface area contributed by atoms with Gasteiger partial charge in [-0.3, -0.25) is 0 Å². The number of aryl methyl sites for hydroxylation is 1. The Kier molecular flexibility index (Phi) is 2.63. The summed E-state index contributed by atoms with van der Waals surface area (Å²) in [5, 5.41) is 0. The van der Waals surface area contributed by atoms with Gasteiger partial charge >= 0.3 is 0 Å². The van der Waals surface area contributed by atoms with Gasteiger partial charge in [-0.15, -0.1) is 0 Å². The summed E-state index contributed by atoms with van der Waals surface area (Å²) in [5.41, 5.74) is 2.01. The summed E-state index contributed by atoms with van der Waals surface area (Å²) in [6.07, 6.45) is 1.77. The standard InChI is InChI=1S/C12H12N2O/c1-9-13-8-7-12(14-9)10-3-5-11(15-2)6-4-10/h3-8H,1-2H3. The first-order chi connectivity index (χ1) is 7.29. The second kappa shape index (κ2) is 4.09. The molecule has 0 amide bonds. The lowest BCUT2D eigenvalue weighted by Crippen LogP contribution is -1.89. The average Bonchev–Trinajstić information content (AvgIpc) is 2.29. The highest BCUT2D eigenvalue weighted by molar-refractivity contribution is 5.59. The SMILES string of the molecule is COc1ccc(-c2ccnc(C)n2)cc1. The van der Waals surface area contributed by atoms with Crippen LogP contribution in [0.4, 0.5) is 0 Å². The van der Waals surface area contributed by atoms with Crippen molar-refractivity contribution in [3.63, 3.8) is 0 Å². The van der Waals surface area contributed by atoms with Crippen molar-refractivity contribution in [3.8, 4) is 17.0 Å². The first-order valence-electron chi connectivity index (χ1n) is 4.73. The predicted molar refractivity (Wildman–Crippen MR) is 58.8 cm³/mol. The van der Waals surface area contributed by atoms with Crippen LogP contribution >= 0.6 is 0 Å². The largest absolute Gasteiger partial charge is 0.497 e. The summed E-state index contributed by atoms with van der Waals surface area (Å²) in [5.74, 6) is 1.63. The van der Waals surface area contributed by atoms with Gasteiger partial charge in [-0.05, 0) is 37.3 Å². The summed E-state index contributed by atoms with van der Waals surface area (Å²) in [4.78, 5) is 8.41. The molecule has 1 heterocycles. The quantitative estimate of drug-likeness (QED) is 0.747. The van der Waals surface area contributed by atoms with Crippen LogP contribution in [0, 0.1) is 6.92 Å². The number of aromatic nitrogens is 2. The first-order valence-corrected chi connectivity index (χ1v) is 4.73. The highest BCUT2D eigenvalue weighted by atomic mass is 16.5. The summed E-state index contributed by atoms with van der Waals surface area (Å²) in [6.45, 7) is 1.88. The van der Waals surface area contributed by atoms with Gasteiger partial charge in [0.2, 0.25) is 0 Å². The highest BCUT2D eigenvalue weighted by Crippen LogP contribution is 2.19. The molecule has 15 heavy (non-hydrogen) atoms. The summed E-state index contributed by atoms with van der Waals surface area (Å²) >= 11 is 0. The first kappa shape index (κ1) is 9.65. The maximum atomic E-state index is 5.10. The normalized spacial score (nSPS) is 10.0. The second-order valence-corrected chi connectivity index (χ2v) is 3.22. The summed E-state index contributed by atoms with van der Waals surface area (Å²) in [6, 6.07) is 9.72. The lowest BCUT2D eigenvalue weighted by molar-refractivity contribution is 0.415. The van der Waals surface area contributed by atoms with Crippen LogP contribution in [-0.4, -0.2) is 17.1 Å². The monoisotopic (exact) mass is 200 g/mol. The number of nitrogens with zero attached hydrogens (tertiary/aromatic N) is 2. The third kappa shape index (κ3) is 2.13. The van der Waals surface area contributed by atoms with Crippen LogP contribution in [0.5, 0.6) is 5.75 Å². The molecule has 0 fully saturated rings. The van der Waals surface area contributed by atoms with E-state index in [0.29, 0.717) is 0 Å². The number of hydrogen-bond acceptors (Lipinski definition) is 3. The van der Waals surface area contributed by atoms with Crippen LogP contribution in [0.3, 0.4) is 0 Å². The molecule has 0 unspecified atom stereocenters. The van der Waals surface area contributed by atoms with Crippen molar-refractivity contribution in [3.05, 3.63) is 42.4 Å². The maximum Gasteiger partial charge on any atom is 0.125 e. The number of benzene rings is 1. The average molecular weight is 200 g/mol. The van der Waals surface area contributed by atoms with Crippen molar-refractivity contribution in [1.29, 1.82) is 0 Å². The third-order valence-electron chi connectivity index (χ3n) is 2.16. The molecule has 0 aliphatic heterocycles. The topological polar surface area (TPSA) is 35.0 Å². The van der Waals surface area contributed by atoms with E-state index < -0.39 is 0 Å². The van der Waals surface area contributed by atoms with Crippen LogP contribution in [0.2, 0.25) is 0 Å². The van der Waals surface area contributed by atoms with E-state index in [2.05, 4.69) is 9.97 Å². The molecule has 0 spiro atoms. The van der Waals surface area contributed by atoms with E-state index in [4.69, 9.17) is 4.74 Å². The van der Waals surface area contributed by atoms with Crippen molar-refractivity contribution in [2.75, 3.05) is 7.11 Å². The van der Waals surface area contributed by atoms with Gasteiger partial charge in [-0.2, -0.15) is 0 Å². The molecule has 0 N–H and O–H groups in total. The molecule has 1 aromatic heterocycles. The zero-order chi connectivity index (χ0) is 10.7. The van der Waals surface area contributed by atoms with Crippen LogP contribution < -0.4 is 4.74 Å². The fourth-order valence-electron chi connectivity index (χ4n) is 1.38. The van der Waals surface area contributed by atoms with Crippen LogP contribution in [0.1, 0.15) is 5.82 Å². The Morgan fingerprint density at radius 2 is 1.80 bits per heavy atom. The second-order valence-electron chi connectivity index (χ2n) is 3.22. The minimum atomic E-state index is 0.781. The molecule has 0 atom stereocenters. The lowest BCUT2D eigenvalue weighted by Gasteiger charge is -2.03. The van der Waals surface area contributed by atoms with Crippen LogP contribution in [0.15, 0.2) is 36.5 Å². The molecule has 0 bridgehead atoms. The van der Waals surface area contributed by atoms with Gasteiger partial charge in [0.15, 0.2) is 0 Å². The van der Waals surface area contributed by atoms with Crippen LogP contribution in [-0.2, 0) is 0 Å². The van der Waals surface area contributed by atoms with Crippen LogP contribution in [0.25, 0.3) is 11.3 Å². The van der Waals surface area contributed by atoms with Crippen molar-refractivity contribution in [1.82, 2.24) is 9.97 Å². The molecule has 2 aromatic rings. The Hall–Kier alpha value is -1.90.